The number of hydrogen-bond donors (Lipinski definition) is 1. The summed E-state index contributed by atoms with van der Waals surface area (Å²) < 4.78 is 24.3. The summed E-state index contributed by atoms with van der Waals surface area (Å²) in [6.07, 6.45) is 0. The largest absolute Gasteiger partial charge is 0.350 e. The van der Waals surface area contributed by atoms with Gasteiger partial charge in [0.05, 0.1) is 6.54 Å². The number of nitrogens with one attached hydrogen (secondary N) is 1. The number of rotatable bonds is 3. The average Bonchev–Trinajstić information content (AvgIpc) is 1.80. The maximum atomic E-state index is 12.1. The zero-order valence-electron chi connectivity index (χ0n) is 6.95. The van der Waals surface area contributed by atoms with Crippen molar-refractivity contribution >= 4 is 5.91 Å². The molecule has 0 atom stereocenters. The van der Waals surface area contributed by atoms with Crippen LogP contribution in [0.3, 0.4) is 0 Å². The van der Waals surface area contributed by atoms with E-state index in [2.05, 4.69) is 5.32 Å². The molecule has 11 heavy (non-hydrogen) atoms. The molecule has 0 aromatic carbocycles. The lowest BCUT2D eigenvalue weighted by molar-refractivity contribution is -0.125. The second-order valence-corrected chi connectivity index (χ2v) is 2.94. The molecule has 0 fully saturated rings. The van der Waals surface area contributed by atoms with Crippen LogP contribution in [-0.2, 0) is 4.79 Å². The predicted octanol–water partition coefficient (Wildman–Crippen LogP) is 1.41. The van der Waals surface area contributed by atoms with Crippen LogP contribution in [0.25, 0.3) is 0 Å². The third kappa shape index (κ3) is 5.76. The topological polar surface area (TPSA) is 29.1 Å². The first kappa shape index (κ1) is 10.3. The molecule has 0 unspecified atom stereocenters. The van der Waals surface area contributed by atoms with Crippen molar-refractivity contribution in [3.8, 4) is 0 Å². The molecule has 0 aromatic rings. The standard InChI is InChI=1S/C7H13F2NO/c1-5(2)6(11)10-4-7(3,8)9/h5H,4H2,1-3H3,(H,10,11). The molecule has 4 heteroatoms. The normalized spacial score (nSPS) is 11.8. The molecule has 2 nitrogen and oxygen atoms in total. The van der Waals surface area contributed by atoms with Crippen LogP contribution >= 0.6 is 0 Å². The van der Waals surface area contributed by atoms with Gasteiger partial charge < -0.3 is 5.32 Å². The molecule has 0 rings (SSSR count). The van der Waals surface area contributed by atoms with E-state index in [0.29, 0.717) is 0 Å². The van der Waals surface area contributed by atoms with E-state index in [4.69, 9.17) is 0 Å². The van der Waals surface area contributed by atoms with E-state index in [0.717, 1.165) is 6.92 Å². The monoisotopic (exact) mass is 165 g/mol. The van der Waals surface area contributed by atoms with Crippen LogP contribution in [0, 0.1) is 5.92 Å². The minimum atomic E-state index is -2.81. The Morgan fingerprint density at radius 3 is 2.27 bits per heavy atom. The van der Waals surface area contributed by atoms with Crippen LogP contribution in [0.5, 0.6) is 0 Å². The van der Waals surface area contributed by atoms with E-state index in [1.165, 1.54) is 0 Å². The Kier molecular flexibility index (Phi) is 3.42. The van der Waals surface area contributed by atoms with Crippen molar-refractivity contribution in [1.82, 2.24) is 5.32 Å². The molecule has 1 N–H and O–H groups in total. The summed E-state index contributed by atoms with van der Waals surface area (Å²) in [5, 5.41) is 2.13. The molecule has 0 heterocycles. The van der Waals surface area contributed by atoms with E-state index in [9.17, 15) is 13.6 Å². The first-order valence-corrected chi connectivity index (χ1v) is 3.48. The van der Waals surface area contributed by atoms with Crippen molar-refractivity contribution in [2.45, 2.75) is 26.7 Å². The quantitative estimate of drug-likeness (QED) is 0.673. The van der Waals surface area contributed by atoms with Crippen LogP contribution in [0.2, 0.25) is 0 Å². The van der Waals surface area contributed by atoms with E-state index in [-0.39, 0.29) is 11.8 Å². The molecule has 0 aliphatic rings. The summed E-state index contributed by atoms with van der Waals surface area (Å²) in [6.45, 7) is 3.50. The summed E-state index contributed by atoms with van der Waals surface area (Å²) in [6, 6.07) is 0. The van der Waals surface area contributed by atoms with Crippen LogP contribution < -0.4 is 5.32 Å². The predicted molar refractivity (Wildman–Crippen MR) is 38.5 cm³/mol. The first-order valence-electron chi connectivity index (χ1n) is 3.48. The third-order valence-electron chi connectivity index (χ3n) is 1.10. The molecule has 1 amide bonds. The van der Waals surface area contributed by atoms with Crippen LogP contribution in [0.15, 0.2) is 0 Å². The smallest absolute Gasteiger partial charge is 0.262 e. The maximum absolute atomic E-state index is 12.1. The Hall–Kier alpha value is -0.670. The Bertz CT molecular complexity index is 140. The van der Waals surface area contributed by atoms with Gasteiger partial charge in [-0.15, -0.1) is 0 Å². The lowest BCUT2D eigenvalue weighted by atomic mass is 10.2. The summed E-state index contributed by atoms with van der Waals surface area (Å²) in [7, 11) is 0. The van der Waals surface area contributed by atoms with Crippen LogP contribution in [0.4, 0.5) is 8.78 Å². The minimum absolute atomic E-state index is 0.239. The fraction of sp³-hybridized carbons (Fsp3) is 0.857. The lowest BCUT2D eigenvalue weighted by Gasteiger charge is -2.12. The van der Waals surface area contributed by atoms with E-state index in [1.807, 2.05) is 0 Å². The first-order chi connectivity index (χ1) is 4.83. The van der Waals surface area contributed by atoms with Gasteiger partial charge in [0.25, 0.3) is 5.92 Å². The maximum Gasteiger partial charge on any atom is 0.262 e. The second-order valence-electron chi connectivity index (χ2n) is 2.94. The number of carbonyl (C=O) groups excluding carboxylic acids is 1. The van der Waals surface area contributed by atoms with Crippen molar-refractivity contribution in [1.29, 1.82) is 0 Å². The molecule has 0 aliphatic heterocycles. The minimum Gasteiger partial charge on any atom is -0.350 e. The van der Waals surface area contributed by atoms with Crippen molar-refractivity contribution < 1.29 is 13.6 Å². The Balaban J connectivity index is 3.64. The van der Waals surface area contributed by atoms with Gasteiger partial charge in [-0.2, -0.15) is 0 Å². The van der Waals surface area contributed by atoms with Crippen LogP contribution in [0.1, 0.15) is 20.8 Å². The van der Waals surface area contributed by atoms with Crippen molar-refractivity contribution in [2.24, 2.45) is 5.92 Å². The Labute approximate surface area is 65.0 Å². The van der Waals surface area contributed by atoms with Crippen molar-refractivity contribution in [3.05, 3.63) is 0 Å². The molecule has 0 spiro atoms. The SMILES string of the molecule is CC(C)C(=O)NCC(C)(F)F. The molecule has 0 aromatic heterocycles. The molecule has 66 valence electrons. The molecule has 0 bridgehead atoms. The van der Waals surface area contributed by atoms with Gasteiger partial charge in [0, 0.05) is 12.8 Å². The van der Waals surface area contributed by atoms with E-state index >= 15 is 0 Å². The summed E-state index contributed by atoms with van der Waals surface area (Å²) >= 11 is 0. The van der Waals surface area contributed by atoms with E-state index < -0.39 is 12.5 Å². The number of carbonyl (C=O) groups is 1. The fourth-order valence-electron chi connectivity index (χ4n) is 0.446. The molecular formula is C7H13F2NO. The van der Waals surface area contributed by atoms with Gasteiger partial charge in [0.15, 0.2) is 0 Å². The highest BCUT2D eigenvalue weighted by Gasteiger charge is 2.22. The van der Waals surface area contributed by atoms with Gasteiger partial charge in [0.1, 0.15) is 0 Å². The number of hydrogen-bond acceptors (Lipinski definition) is 1. The number of alkyl halides is 2. The molecule has 0 saturated heterocycles. The van der Waals surface area contributed by atoms with Gasteiger partial charge in [-0.3, -0.25) is 4.79 Å². The Morgan fingerprint density at radius 2 is 2.00 bits per heavy atom. The highest BCUT2D eigenvalue weighted by molar-refractivity contribution is 5.77. The third-order valence-corrected chi connectivity index (χ3v) is 1.10. The lowest BCUT2D eigenvalue weighted by Crippen LogP contribution is -2.36. The van der Waals surface area contributed by atoms with Gasteiger partial charge in [0.2, 0.25) is 5.91 Å². The van der Waals surface area contributed by atoms with Gasteiger partial charge in [-0.1, -0.05) is 13.8 Å². The average molecular weight is 165 g/mol. The summed E-state index contributed by atoms with van der Waals surface area (Å²) in [5.41, 5.74) is 0. The number of amides is 1. The Morgan fingerprint density at radius 1 is 1.55 bits per heavy atom. The summed E-state index contributed by atoms with van der Waals surface area (Å²) in [4.78, 5) is 10.7. The van der Waals surface area contributed by atoms with E-state index in [1.54, 1.807) is 13.8 Å². The van der Waals surface area contributed by atoms with Crippen molar-refractivity contribution in [3.63, 3.8) is 0 Å². The highest BCUT2D eigenvalue weighted by atomic mass is 19.3. The van der Waals surface area contributed by atoms with Gasteiger partial charge in [-0.25, -0.2) is 8.78 Å². The zero-order chi connectivity index (χ0) is 9.07. The van der Waals surface area contributed by atoms with Crippen molar-refractivity contribution in [2.75, 3.05) is 6.54 Å². The second kappa shape index (κ2) is 3.64. The molecule has 0 saturated carbocycles. The fourth-order valence-corrected chi connectivity index (χ4v) is 0.446. The van der Waals surface area contributed by atoms with Gasteiger partial charge >= 0.3 is 0 Å². The molecular weight excluding hydrogens is 152 g/mol. The summed E-state index contributed by atoms with van der Waals surface area (Å²) in [5.74, 6) is -3.39. The van der Waals surface area contributed by atoms with Crippen LogP contribution in [-0.4, -0.2) is 18.4 Å². The number of halogens is 2. The van der Waals surface area contributed by atoms with Gasteiger partial charge in [-0.05, 0) is 0 Å². The highest BCUT2D eigenvalue weighted by Crippen LogP contribution is 2.09. The molecule has 0 radical (unpaired) electrons. The zero-order valence-corrected chi connectivity index (χ0v) is 6.95. The molecule has 0 aliphatic carbocycles.